The van der Waals surface area contributed by atoms with Gasteiger partial charge in [-0.1, -0.05) is 19.1 Å². The van der Waals surface area contributed by atoms with Crippen molar-refractivity contribution in [1.29, 1.82) is 0 Å². The van der Waals surface area contributed by atoms with Gasteiger partial charge in [0.15, 0.2) is 0 Å². The van der Waals surface area contributed by atoms with Gasteiger partial charge in [-0.3, -0.25) is 4.68 Å². The molecule has 0 aliphatic carbocycles. The Bertz CT molecular complexity index is 451. The lowest BCUT2D eigenvalue weighted by Gasteiger charge is -2.08. The number of hydrogen-bond donors (Lipinski definition) is 1. The van der Waals surface area contributed by atoms with Crippen LogP contribution >= 0.6 is 0 Å². The standard InChI is InChI=1S/C11H16N6/c1-9(2)10-7-11(14-8-13-10)12-3-5-17-6-4-15-16-17/h4,6-9H,3,5H2,1-2H3,(H,12,13,14). The number of nitrogens with zero attached hydrogens (tertiary/aromatic N) is 5. The molecular weight excluding hydrogens is 216 g/mol. The second-order valence-electron chi connectivity index (χ2n) is 4.08. The molecule has 0 atom stereocenters. The van der Waals surface area contributed by atoms with Gasteiger partial charge in [0, 0.05) is 24.5 Å². The summed E-state index contributed by atoms with van der Waals surface area (Å²) >= 11 is 0. The summed E-state index contributed by atoms with van der Waals surface area (Å²) in [4.78, 5) is 8.39. The second kappa shape index (κ2) is 5.38. The monoisotopic (exact) mass is 232 g/mol. The third-order valence-corrected chi connectivity index (χ3v) is 2.40. The maximum Gasteiger partial charge on any atom is 0.129 e. The molecule has 0 fully saturated rings. The van der Waals surface area contributed by atoms with E-state index in [9.17, 15) is 0 Å². The van der Waals surface area contributed by atoms with Gasteiger partial charge in [-0.25, -0.2) is 9.97 Å². The molecule has 0 radical (unpaired) electrons. The molecule has 0 aliphatic rings. The Labute approximate surface area is 100 Å². The van der Waals surface area contributed by atoms with Crippen LogP contribution in [0.2, 0.25) is 0 Å². The van der Waals surface area contributed by atoms with E-state index < -0.39 is 0 Å². The summed E-state index contributed by atoms with van der Waals surface area (Å²) in [6.07, 6.45) is 5.09. The van der Waals surface area contributed by atoms with Crippen molar-refractivity contribution in [2.45, 2.75) is 26.3 Å². The Kier molecular flexibility index (Phi) is 3.64. The Morgan fingerprint density at radius 2 is 2.24 bits per heavy atom. The van der Waals surface area contributed by atoms with E-state index in [4.69, 9.17) is 0 Å². The van der Waals surface area contributed by atoms with Crippen molar-refractivity contribution in [2.24, 2.45) is 0 Å². The van der Waals surface area contributed by atoms with Gasteiger partial charge in [-0.2, -0.15) is 0 Å². The van der Waals surface area contributed by atoms with Crippen LogP contribution in [0.5, 0.6) is 0 Å². The van der Waals surface area contributed by atoms with E-state index in [-0.39, 0.29) is 0 Å². The highest BCUT2D eigenvalue weighted by Gasteiger charge is 2.02. The quantitative estimate of drug-likeness (QED) is 0.841. The van der Waals surface area contributed by atoms with Crippen LogP contribution in [0.1, 0.15) is 25.5 Å². The third-order valence-electron chi connectivity index (χ3n) is 2.40. The topological polar surface area (TPSA) is 68.5 Å². The van der Waals surface area contributed by atoms with E-state index in [0.29, 0.717) is 5.92 Å². The number of aromatic nitrogens is 5. The SMILES string of the molecule is CC(C)c1cc(NCCn2ccnn2)ncn1. The van der Waals surface area contributed by atoms with Crippen molar-refractivity contribution in [3.05, 3.63) is 30.5 Å². The first-order valence-electron chi connectivity index (χ1n) is 5.65. The molecule has 2 rings (SSSR count). The average Bonchev–Trinajstić information content (AvgIpc) is 2.82. The van der Waals surface area contributed by atoms with Crippen molar-refractivity contribution < 1.29 is 0 Å². The van der Waals surface area contributed by atoms with Gasteiger partial charge in [-0.15, -0.1) is 5.10 Å². The maximum absolute atomic E-state index is 4.22. The fourth-order valence-corrected chi connectivity index (χ4v) is 1.44. The zero-order valence-corrected chi connectivity index (χ0v) is 10.0. The summed E-state index contributed by atoms with van der Waals surface area (Å²) in [6, 6.07) is 1.98. The lowest BCUT2D eigenvalue weighted by atomic mass is 10.1. The summed E-state index contributed by atoms with van der Waals surface area (Å²) in [5.41, 5.74) is 1.04. The van der Waals surface area contributed by atoms with Crippen molar-refractivity contribution in [2.75, 3.05) is 11.9 Å². The van der Waals surface area contributed by atoms with Gasteiger partial charge < -0.3 is 5.32 Å². The van der Waals surface area contributed by atoms with Crippen molar-refractivity contribution in [3.63, 3.8) is 0 Å². The molecule has 17 heavy (non-hydrogen) atoms. The van der Waals surface area contributed by atoms with Crippen LogP contribution in [-0.2, 0) is 6.54 Å². The zero-order valence-electron chi connectivity index (χ0n) is 10.0. The van der Waals surface area contributed by atoms with Crippen LogP contribution in [0.25, 0.3) is 0 Å². The molecule has 0 spiro atoms. The summed E-state index contributed by atoms with van der Waals surface area (Å²) in [7, 11) is 0. The number of anilines is 1. The predicted molar refractivity (Wildman–Crippen MR) is 64.6 cm³/mol. The molecule has 0 amide bonds. The fourth-order valence-electron chi connectivity index (χ4n) is 1.44. The van der Waals surface area contributed by atoms with Crippen LogP contribution in [0.4, 0.5) is 5.82 Å². The summed E-state index contributed by atoms with van der Waals surface area (Å²) < 4.78 is 1.78. The van der Waals surface area contributed by atoms with E-state index in [1.165, 1.54) is 0 Å². The van der Waals surface area contributed by atoms with Crippen molar-refractivity contribution >= 4 is 5.82 Å². The van der Waals surface area contributed by atoms with E-state index in [2.05, 4.69) is 39.4 Å². The van der Waals surface area contributed by atoms with Crippen molar-refractivity contribution in [1.82, 2.24) is 25.0 Å². The normalized spacial score (nSPS) is 10.8. The lowest BCUT2D eigenvalue weighted by Crippen LogP contribution is -2.12. The number of hydrogen-bond acceptors (Lipinski definition) is 5. The molecule has 2 aromatic rings. The molecule has 0 bridgehead atoms. The molecule has 0 saturated carbocycles. The highest BCUT2D eigenvalue weighted by Crippen LogP contribution is 2.13. The molecule has 2 heterocycles. The number of nitrogens with one attached hydrogen (secondary N) is 1. The molecule has 1 N–H and O–H groups in total. The minimum Gasteiger partial charge on any atom is -0.368 e. The minimum absolute atomic E-state index is 0.411. The van der Waals surface area contributed by atoms with Gasteiger partial charge in [0.1, 0.15) is 12.1 Å². The lowest BCUT2D eigenvalue weighted by molar-refractivity contribution is 0.608. The Balaban J connectivity index is 1.88. The van der Waals surface area contributed by atoms with Crippen LogP contribution in [0.3, 0.4) is 0 Å². The average molecular weight is 232 g/mol. The maximum atomic E-state index is 4.22. The van der Waals surface area contributed by atoms with Crippen LogP contribution in [0, 0.1) is 0 Å². The van der Waals surface area contributed by atoms with E-state index in [1.807, 2.05) is 12.3 Å². The van der Waals surface area contributed by atoms with Crippen LogP contribution < -0.4 is 5.32 Å². The minimum atomic E-state index is 0.411. The smallest absolute Gasteiger partial charge is 0.129 e. The molecule has 0 aromatic carbocycles. The zero-order chi connectivity index (χ0) is 12.1. The van der Waals surface area contributed by atoms with E-state index in [1.54, 1.807) is 17.2 Å². The molecule has 0 unspecified atom stereocenters. The van der Waals surface area contributed by atoms with Crippen LogP contribution in [0.15, 0.2) is 24.8 Å². The van der Waals surface area contributed by atoms with Gasteiger partial charge >= 0.3 is 0 Å². The first kappa shape index (κ1) is 11.5. The Hall–Kier alpha value is -1.98. The van der Waals surface area contributed by atoms with Crippen LogP contribution in [-0.4, -0.2) is 31.5 Å². The molecule has 90 valence electrons. The van der Waals surface area contributed by atoms with Gasteiger partial charge in [-0.05, 0) is 5.92 Å². The number of rotatable bonds is 5. The van der Waals surface area contributed by atoms with Gasteiger partial charge in [0.05, 0.1) is 12.7 Å². The van der Waals surface area contributed by atoms with E-state index >= 15 is 0 Å². The molecule has 0 saturated heterocycles. The first-order chi connectivity index (χ1) is 8.25. The second-order valence-corrected chi connectivity index (χ2v) is 4.08. The first-order valence-corrected chi connectivity index (χ1v) is 5.65. The molecule has 6 nitrogen and oxygen atoms in total. The highest BCUT2D eigenvalue weighted by atomic mass is 15.4. The third kappa shape index (κ3) is 3.24. The van der Waals surface area contributed by atoms with Gasteiger partial charge in [0.2, 0.25) is 0 Å². The molecule has 2 aromatic heterocycles. The Morgan fingerprint density at radius 1 is 1.35 bits per heavy atom. The summed E-state index contributed by atoms with van der Waals surface area (Å²) in [6.45, 7) is 5.75. The van der Waals surface area contributed by atoms with Crippen molar-refractivity contribution in [3.8, 4) is 0 Å². The predicted octanol–water partition coefficient (Wildman–Crippen LogP) is 1.30. The summed E-state index contributed by atoms with van der Waals surface area (Å²) in [5, 5.41) is 10.9. The molecule has 6 heteroatoms. The van der Waals surface area contributed by atoms with Gasteiger partial charge in [0.25, 0.3) is 0 Å². The van der Waals surface area contributed by atoms with E-state index in [0.717, 1.165) is 24.6 Å². The fraction of sp³-hybridized carbons (Fsp3) is 0.455. The molecular formula is C11H16N6. The largest absolute Gasteiger partial charge is 0.368 e. The highest BCUT2D eigenvalue weighted by molar-refractivity contribution is 5.35. The summed E-state index contributed by atoms with van der Waals surface area (Å²) in [5.74, 6) is 1.26. The Morgan fingerprint density at radius 3 is 2.94 bits per heavy atom. The molecule has 0 aliphatic heterocycles.